The van der Waals surface area contributed by atoms with Gasteiger partial charge < -0.3 is 0 Å². The van der Waals surface area contributed by atoms with E-state index in [0.717, 1.165) is 0 Å². The van der Waals surface area contributed by atoms with Gasteiger partial charge in [0.15, 0.2) is 0 Å². The number of hydrogen-bond donors (Lipinski definition) is 0. The van der Waals surface area contributed by atoms with E-state index >= 15 is 0 Å². The summed E-state index contributed by atoms with van der Waals surface area (Å²) in [5.74, 6) is 0. The van der Waals surface area contributed by atoms with Gasteiger partial charge in [0.05, 0.1) is 8.07 Å². The second-order valence-corrected chi connectivity index (χ2v) is 9.32. The summed E-state index contributed by atoms with van der Waals surface area (Å²) in [5.41, 5.74) is 3.04. The minimum atomic E-state index is -0.949. The summed E-state index contributed by atoms with van der Waals surface area (Å²) < 4.78 is 0. The molecule has 0 unspecified atom stereocenters. The molecule has 70 valence electrons. The molecule has 1 aromatic rings. The molecular weight excluding hydrogens is 172 g/mol. The van der Waals surface area contributed by atoms with Crippen molar-refractivity contribution in [1.82, 2.24) is 0 Å². The maximum absolute atomic E-state index is 2.54. The van der Waals surface area contributed by atoms with Crippen LogP contribution in [0.25, 0.3) is 0 Å². The van der Waals surface area contributed by atoms with E-state index in [1.165, 1.54) is 24.1 Å². The lowest BCUT2D eigenvalue weighted by Crippen LogP contribution is -2.51. The van der Waals surface area contributed by atoms with Crippen LogP contribution >= 0.6 is 0 Å². The zero-order valence-corrected chi connectivity index (χ0v) is 9.85. The molecule has 0 aliphatic carbocycles. The van der Waals surface area contributed by atoms with Gasteiger partial charge in [0.2, 0.25) is 0 Å². The van der Waals surface area contributed by atoms with Crippen LogP contribution in [0.3, 0.4) is 0 Å². The zero-order valence-electron chi connectivity index (χ0n) is 8.85. The zero-order chi connectivity index (χ0) is 9.47. The molecule has 1 aliphatic rings. The van der Waals surface area contributed by atoms with Crippen molar-refractivity contribution < 1.29 is 0 Å². The van der Waals surface area contributed by atoms with E-state index in [0.29, 0.717) is 0 Å². The summed E-state index contributed by atoms with van der Waals surface area (Å²) in [6.45, 7) is 7.06. The van der Waals surface area contributed by atoms with Crippen molar-refractivity contribution in [3.05, 3.63) is 29.3 Å². The molecule has 1 fully saturated rings. The molecule has 1 heterocycles. The summed E-state index contributed by atoms with van der Waals surface area (Å²) >= 11 is 0. The monoisotopic (exact) mass is 190 g/mol. The van der Waals surface area contributed by atoms with E-state index in [9.17, 15) is 0 Å². The quantitative estimate of drug-likeness (QED) is 0.597. The van der Waals surface area contributed by atoms with E-state index < -0.39 is 8.07 Å². The molecule has 0 atom stereocenters. The summed E-state index contributed by atoms with van der Waals surface area (Å²) in [6, 6.07) is 9.85. The minimum Gasteiger partial charge on any atom is -0.0652 e. The Labute approximate surface area is 82.0 Å². The Morgan fingerprint density at radius 1 is 1.15 bits per heavy atom. The maximum Gasteiger partial charge on any atom is 0.0840 e. The molecule has 0 saturated carbocycles. The molecule has 0 nitrogen and oxygen atoms in total. The van der Waals surface area contributed by atoms with Gasteiger partial charge in [-0.15, -0.1) is 0 Å². The van der Waals surface area contributed by atoms with E-state index in [4.69, 9.17) is 0 Å². The van der Waals surface area contributed by atoms with Crippen LogP contribution in [-0.4, -0.2) is 8.07 Å². The van der Waals surface area contributed by atoms with Crippen LogP contribution in [0.2, 0.25) is 18.6 Å². The van der Waals surface area contributed by atoms with Crippen molar-refractivity contribution in [2.75, 3.05) is 0 Å². The maximum atomic E-state index is 2.54. The van der Waals surface area contributed by atoms with Crippen molar-refractivity contribution in [2.45, 2.75) is 38.9 Å². The molecular formula is C12H18Si. The van der Waals surface area contributed by atoms with Crippen molar-refractivity contribution in [3.8, 4) is 0 Å². The molecule has 0 bridgehead atoms. The van der Waals surface area contributed by atoms with Crippen LogP contribution in [0.4, 0.5) is 0 Å². The number of hydrogen-bond acceptors (Lipinski definition) is 0. The number of aryl methyl sites for hydroxylation is 1. The lowest BCUT2D eigenvalue weighted by Gasteiger charge is -2.38. The van der Waals surface area contributed by atoms with Gasteiger partial charge in [-0.05, 0) is 25.0 Å². The van der Waals surface area contributed by atoms with Gasteiger partial charge >= 0.3 is 0 Å². The predicted octanol–water partition coefficient (Wildman–Crippen LogP) is 2.99. The summed E-state index contributed by atoms with van der Waals surface area (Å²) in [7, 11) is -0.949. The Kier molecular flexibility index (Phi) is 2.07. The third-order valence-electron chi connectivity index (χ3n) is 3.71. The molecule has 2 rings (SSSR count). The minimum absolute atomic E-state index is 0.949. The van der Waals surface area contributed by atoms with Gasteiger partial charge in [0.1, 0.15) is 0 Å². The molecule has 1 saturated heterocycles. The Morgan fingerprint density at radius 2 is 1.85 bits per heavy atom. The van der Waals surface area contributed by atoms with Crippen molar-refractivity contribution >= 4 is 13.3 Å². The van der Waals surface area contributed by atoms with E-state index in [1.807, 2.05) is 0 Å². The van der Waals surface area contributed by atoms with Gasteiger partial charge in [0, 0.05) is 0 Å². The summed E-state index contributed by atoms with van der Waals surface area (Å²) in [6.07, 6.45) is 1.47. The highest BCUT2D eigenvalue weighted by Gasteiger charge is 2.36. The fourth-order valence-corrected chi connectivity index (χ4v) is 5.94. The van der Waals surface area contributed by atoms with E-state index in [1.54, 1.807) is 10.8 Å². The van der Waals surface area contributed by atoms with Crippen molar-refractivity contribution in [2.24, 2.45) is 0 Å². The lowest BCUT2D eigenvalue weighted by molar-refractivity contribution is 0.916. The normalized spacial score (nSPS) is 19.6. The fraction of sp³-hybridized carbons (Fsp3) is 0.500. The average Bonchev–Trinajstić information content (AvgIpc) is 2.06. The SMILES string of the molecule is Cc1cccc([Si]2(C)CCC2)c1C. The first-order valence-electron chi connectivity index (χ1n) is 5.20. The highest BCUT2D eigenvalue weighted by Crippen LogP contribution is 2.32. The molecule has 1 aromatic carbocycles. The van der Waals surface area contributed by atoms with Crippen molar-refractivity contribution in [1.29, 1.82) is 0 Å². The number of benzene rings is 1. The Morgan fingerprint density at radius 3 is 2.38 bits per heavy atom. The van der Waals surface area contributed by atoms with Gasteiger partial charge in [-0.25, -0.2) is 0 Å². The molecule has 0 spiro atoms. The average molecular weight is 190 g/mol. The van der Waals surface area contributed by atoms with E-state index in [2.05, 4.69) is 38.6 Å². The first kappa shape index (κ1) is 9.01. The molecule has 0 aromatic heterocycles. The van der Waals surface area contributed by atoms with Crippen LogP contribution in [0.15, 0.2) is 18.2 Å². The third-order valence-corrected chi connectivity index (χ3v) is 8.47. The largest absolute Gasteiger partial charge is 0.0840 e. The summed E-state index contributed by atoms with van der Waals surface area (Å²) in [5, 5.41) is 1.72. The molecule has 1 heteroatoms. The van der Waals surface area contributed by atoms with Gasteiger partial charge in [-0.3, -0.25) is 0 Å². The third kappa shape index (κ3) is 1.35. The van der Waals surface area contributed by atoms with Crippen LogP contribution in [0, 0.1) is 13.8 Å². The highest BCUT2D eigenvalue weighted by atomic mass is 28.3. The molecule has 13 heavy (non-hydrogen) atoms. The first-order valence-corrected chi connectivity index (χ1v) is 8.12. The second kappa shape index (κ2) is 2.98. The topological polar surface area (TPSA) is 0 Å². The molecule has 0 N–H and O–H groups in total. The fourth-order valence-electron chi connectivity index (χ4n) is 2.38. The van der Waals surface area contributed by atoms with Gasteiger partial charge in [0.25, 0.3) is 0 Å². The second-order valence-electron chi connectivity index (χ2n) is 4.66. The van der Waals surface area contributed by atoms with Crippen LogP contribution in [-0.2, 0) is 0 Å². The Balaban J connectivity index is 2.45. The molecule has 1 aliphatic heterocycles. The highest BCUT2D eigenvalue weighted by molar-refractivity contribution is 6.93. The standard InChI is InChI=1S/C12H18Si/c1-10-6-4-7-12(11(10)2)13(3)8-5-9-13/h4,6-7H,5,8-9H2,1-3H3. The molecule has 0 radical (unpaired) electrons. The predicted molar refractivity (Wildman–Crippen MR) is 61.4 cm³/mol. The summed E-state index contributed by atoms with van der Waals surface area (Å²) in [4.78, 5) is 0. The number of rotatable bonds is 1. The Bertz CT molecular complexity index is 324. The van der Waals surface area contributed by atoms with Crippen LogP contribution in [0.1, 0.15) is 17.5 Å². The Hall–Kier alpha value is -0.563. The molecule has 0 amide bonds. The van der Waals surface area contributed by atoms with Gasteiger partial charge in [-0.2, -0.15) is 0 Å². The van der Waals surface area contributed by atoms with Crippen molar-refractivity contribution in [3.63, 3.8) is 0 Å². The van der Waals surface area contributed by atoms with Gasteiger partial charge in [-0.1, -0.05) is 48.4 Å². The first-order chi connectivity index (χ1) is 6.13. The van der Waals surface area contributed by atoms with Crippen LogP contribution in [0.5, 0.6) is 0 Å². The van der Waals surface area contributed by atoms with Crippen LogP contribution < -0.4 is 5.19 Å². The van der Waals surface area contributed by atoms with E-state index in [-0.39, 0.29) is 0 Å². The smallest absolute Gasteiger partial charge is 0.0652 e. The lowest BCUT2D eigenvalue weighted by atomic mass is 10.1.